The molecule has 0 radical (unpaired) electrons. The van der Waals surface area contributed by atoms with Crippen LogP contribution in [0.25, 0.3) is 0 Å². The Balaban J connectivity index is 2.07. The zero-order valence-electron chi connectivity index (χ0n) is 15.7. The van der Waals surface area contributed by atoms with Gasteiger partial charge in [0.15, 0.2) is 11.5 Å². The molecule has 0 aliphatic carbocycles. The van der Waals surface area contributed by atoms with Crippen LogP contribution in [-0.4, -0.2) is 35.2 Å². The van der Waals surface area contributed by atoms with Crippen LogP contribution in [0.1, 0.15) is 31.7 Å². The SMILES string of the molecule is CCCCCOc1cc(CNc2cnn(CCO)c(=O)c2Cl)ccc1OC. The van der Waals surface area contributed by atoms with E-state index in [9.17, 15) is 4.79 Å². The van der Waals surface area contributed by atoms with Gasteiger partial charge in [0.05, 0.1) is 38.8 Å². The van der Waals surface area contributed by atoms with Gasteiger partial charge in [-0.15, -0.1) is 0 Å². The van der Waals surface area contributed by atoms with Crippen LogP contribution < -0.4 is 20.3 Å². The van der Waals surface area contributed by atoms with Gasteiger partial charge in [0.25, 0.3) is 5.56 Å². The van der Waals surface area contributed by atoms with E-state index in [0.29, 0.717) is 30.3 Å². The summed E-state index contributed by atoms with van der Waals surface area (Å²) in [7, 11) is 1.61. The highest BCUT2D eigenvalue weighted by molar-refractivity contribution is 6.32. The van der Waals surface area contributed by atoms with Gasteiger partial charge in [-0.3, -0.25) is 4.79 Å². The van der Waals surface area contributed by atoms with Crippen molar-refractivity contribution in [3.8, 4) is 11.5 Å². The summed E-state index contributed by atoms with van der Waals surface area (Å²) in [5.74, 6) is 1.37. The van der Waals surface area contributed by atoms with E-state index in [0.717, 1.165) is 29.5 Å². The third-order valence-corrected chi connectivity index (χ3v) is 4.38. The maximum Gasteiger partial charge on any atom is 0.287 e. The predicted octanol–water partition coefficient (Wildman–Crippen LogP) is 3.08. The van der Waals surface area contributed by atoms with Gasteiger partial charge in [-0.2, -0.15) is 5.10 Å². The van der Waals surface area contributed by atoms with Crippen molar-refractivity contribution in [2.75, 3.05) is 25.6 Å². The summed E-state index contributed by atoms with van der Waals surface area (Å²) in [5.41, 5.74) is 0.958. The first-order chi connectivity index (χ1) is 13.1. The first kappa shape index (κ1) is 21.1. The first-order valence-corrected chi connectivity index (χ1v) is 9.38. The highest BCUT2D eigenvalue weighted by atomic mass is 35.5. The van der Waals surface area contributed by atoms with Gasteiger partial charge in [-0.1, -0.05) is 37.4 Å². The zero-order valence-corrected chi connectivity index (χ0v) is 16.5. The van der Waals surface area contributed by atoms with E-state index in [2.05, 4.69) is 17.3 Å². The summed E-state index contributed by atoms with van der Waals surface area (Å²) in [6, 6.07) is 5.68. The predicted molar refractivity (Wildman–Crippen MR) is 106 cm³/mol. The van der Waals surface area contributed by atoms with Gasteiger partial charge in [-0.05, 0) is 24.1 Å². The Labute approximate surface area is 163 Å². The van der Waals surface area contributed by atoms with Gasteiger partial charge in [0.2, 0.25) is 0 Å². The smallest absolute Gasteiger partial charge is 0.287 e. The van der Waals surface area contributed by atoms with E-state index in [1.165, 1.54) is 6.20 Å². The average Bonchev–Trinajstić information content (AvgIpc) is 2.68. The van der Waals surface area contributed by atoms with Crippen molar-refractivity contribution in [2.45, 2.75) is 39.3 Å². The summed E-state index contributed by atoms with van der Waals surface area (Å²) in [4.78, 5) is 12.1. The summed E-state index contributed by atoms with van der Waals surface area (Å²) in [5, 5.41) is 16.1. The van der Waals surface area contributed by atoms with Crippen molar-refractivity contribution < 1.29 is 14.6 Å². The number of hydrogen-bond donors (Lipinski definition) is 2. The molecule has 0 saturated heterocycles. The summed E-state index contributed by atoms with van der Waals surface area (Å²) in [6.07, 6.45) is 4.73. The molecule has 0 bridgehead atoms. The fourth-order valence-electron chi connectivity index (χ4n) is 2.52. The molecule has 0 spiro atoms. The molecule has 1 aromatic heterocycles. The topological polar surface area (TPSA) is 85.6 Å². The minimum atomic E-state index is -0.439. The molecule has 27 heavy (non-hydrogen) atoms. The van der Waals surface area contributed by atoms with Gasteiger partial charge in [0, 0.05) is 6.54 Å². The molecule has 2 aromatic rings. The lowest BCUT2D eigenvalue weighted by Crippen LogP contribution is -2.25. The van der Waals surface area contributed by atoms with Crippen molar-refractivity contribution in [1.29, 1.82) is 0 Å². The van der Waals surface area contributed by atoms with Crippen molar-refractivity contribution >= 4 is 17.3 Å². The quantitative estimate of drug-likeness (QED) is 0.569. The molecule has 2 N–H and O–H groups in total. The molecule has 7 nitrogen and oxygen atoms in total. The van der Waals surface area contributed by atoms with Crippen LogP contribution in [0.2, 0.25) is 5.02 Å². The summed E-state index contributed by atoms with van der Waals surface area (Å²) >= 11 is 6.12. The van der Waals surface area contributed by atoms with Crippen LogP contribution in [-0.2, 0) is 13.1 Å². The number of halogens is 1. The Morgan fingerprint density at radius 3 is 2.81 bits per heavy atom. The number of benzene rings is 1. The maximum atomic E-state index is 12.1. The number of aromatic nitrogens is 2. The average molecular weight is 396 g/mol. The number of rotatable bonds is 11. The van der Waals surface area contributed by atoms with E-state index in [4.69, 9.17) is 26.2 Å². The van der Waals surface area contributed by atoms with Crippen molar-refractivity contribution in [3.63, 3.8) is 0 Å². The van der Waals surface area contributed by atoms with Crippen molar-refractivity contribution in [3.05, 3.63) is 45.3 Å². The van der Waals surface area contributed by atoms with Gasteiger partial charge in [-0.25, -0.2) is 4.68 Å². The van der Waals surface area contributed by atoms with Crippen LogP contribution in [0.5, 0.6) is 11.5 Å². The zero-order chi connectivity index (χ0) is 19.6. The van der Waals surface area contributed by atoms with E-state index in [1.807, 2.05) is 18.2 Å². The number of nitrogens with zero attached hydrogens (tertiary/aromatic N) is 2. The molecule has 0 saturated carbocycles. The molecular formula is C19H26ClN3O4. The molecule has 0 amide bonds. The van der Waals surface area contributed by atoms with Crippen LogP contribution in [0.15, 0.2) is 29.2 Å². The Kier molecular flexibility index (Phi) is 8.42. The fourth-order valence-corrected chi connectivity index (χ4v) is 2.73. The molecule has 0 aliphatic heterocycles. The van der Waals surface area contributed by atoms with Crippen LogP contribution in [0.4, 0.5) is 5.69 Å². The summed E-state index contributed by atoms with van der Waals surface area (Å²) in [6.45, 7) is 3.16. The normalized spacial score (nSPS) is 10.7. The number of methoxy groups -OCH3 is 1. The number of aliphatic hydroxyl groups excluding tert-OH is 1. The van der Waals surface area contributed by atoms with Crippen LogP contribution in [0.3, 0.4) is 0 Å². The minimum Gasteiger partial charge on any atom is -0.493 e. The maximum absolute atomic E-state index is 12.1. The highest BCUT2D eigenvalue weighted by Crippen LogP contribution is 2.29. The molecular weight excluding hydrogens is 370 g/mol. The number of anilines is 1. The lowest BCUT2D eigenvalue weighted by Gasteiger charge is -2.14. The Bertz CT molecular complexity index is 795. The molecule has 2 rings (SSSR count). The molecule has 0 fully saturated rings. The second kappa shape index (κ2) is 10.8. The molecule has 148 valence electrons. The Hall–Kier alpha value is -2.25. The number of unbranched alkanes of at least 4 members (excludes halogenated alkanes) is 2. The number of aliphatic hydroxyl groups is 1. The van der Waals surface area contributed by atoms with Crippen molar-refractivity contribution in [2.24, 2.45) is 0 Å². The third kappa shape index (κ3) is 5.87. The molecule has 0 aliphatic rings. The van der Waals surface area contributed by atoms with Crippen molar-refractivity contribution in [1.82, 2.24) is 9.78 Å². The first-order valence-electron chi connectivity index (χ1n) is 9.00. The third-order valence-electron chi connectivity index (χ3n) is 4.01. The number of hydrogen-bond acceptors (Lipinski definition) is 6. The Morgan fingerprint density at radius 1 is 1.30 bits per heavy atom. The van der Waals surface area contributed by atoms with E-state index >= 15 is 0 Å². The number of ether oxygens (including phenoxy) is 2. The minimum absolute atomic E-state index is 0.0444. The fraction of sp³-hybridized carbons (Fsp3) is 0.474. The second-order valence-corrected chi connectivity index (χ2v) is 6.40. The monoisotopic (exact) mass is 395 g/mol. The van der Waals surface area contributed by atoms with Crippen LogP contribution in [0, 0.1) is 0 Å². The highest BCUT2D eigenvalue weighted by Gasteiger charge is 2.10. The second-order valence-electron chi connectivity index (χ2n) is 6.02. The Morgan fingerprint density at radius 2 is 2.11 bits per heavy atom. The van der Waals surface area contributed by atoms with Crippen LogP contribution >= 0.6 is 11.6 Å². The molecule has 0 unspecified atom stereocenters. The molecule has 0 atom stereocenters. The molecule has 8 heteroatoms. The van der Waals surface area contributed by atoms with E-state index in [1.54, 1.807) is 7.11 Å². The molecule has 1 aromatic carbocycles. The lowest BCUT2D eigenvalue weighted by atomic mass is 10.2. The van der Waals surface area contributed by atoms with Gasteiger partial charge >= 0.3 is 0 Å². The largest absolute Gasteiger partial charge is 0.493 e. The summed E-state index contributed by atoms with van der Waals surface area (Å²) < 4.78 is 12.3. The lowest BCUT2D eigenvalue weighted by molar-refractivity contribution is 0.266. The standard InChI is InChI=1S/C19H26ClN3O4/c1-3-4-5-10-27-17-11-14(6-7-16(17)26-2)12-21-15-13-22-23(8-9-24)19(25)18(15)20/h6-7,11,13,21,24H,3-5,8-10,12H2,1-2H3. The molecule has 1 heterocycles. The van der Waals surface area contributed by atoms with Gasteiger partial charge in [0.1, 0.15) is 5.02 Å². The van der Waals surface area contributed by atoms with E-state index in [-0.39, 0.29) is 18.2 Å². The van der Waals surface area contributed by atoms with Gasteiger partial charge < -0.3 is 19.9 Å². The number of nitrogens with one attached hydrogen (secondary N) is 1. The van der Waals surface area contributed by atoms with E-state index < -0.39 is 5.56 Å².